The molecular weight excluding hydrogens is 582 g/mol. The average Bonchev–Trinajstić information content (AvgIpc) is 2.95. The fourth-order valence-corrected chi connectivity index (χ4v) is 5.17. The topological polar surface area (TPSA) is 58.2 Å². The number of halogens is 6. The predicted octanol–water partition coefficient (Wildman–Crippen LogP) is 10.2. The smallest absolute Gasteiger partial charge is 0.347 e. The minimum Gasteiger partial charge on any atom is -0.347 e. The molecule has 0 bridgehead atoms. The molecule has 0 saturated heterocycles. The Morgan fingerprint density at radius 2 is 1.20 bits per heavy atom. The number of alkyl halides is 6. The van der Waals surface area contributed by atoms with Gasteiger partial charge < -0.3 is 10.6 Å². The van der Waals surface area contributed by atoms with E-state index in [1.165, 1.54) is 30.3 Å². The van der Waals surface area contributed by atoms with Gasteiger partial charge in [0.25, 0.3) is 11.8 Å². The van der Waals surface area contributed by atoms with E-state index in [4.69, 9.17) is 0 Å². The maximum Gasteiger partial charge on any atom is 0.417 e. The van der Waals surface area contributed by atoms with Crippen LogP contribution in [0.25, 0.3) is 11.1 Å². The van der Waals surface area contributed by atoms with Crippen LogP contribution in [-0.2, 0) is 12.4 Å². The van der Waals surface area contributed by atoms with E-state index < -0.39 is 46.1 Å². The van der Waals surface area contributed by atoms with Crippen molar-refractivity contribution in [3.05, 3.63) is 88.5 Å². The lowest BCUT2D eigenvalue weighted by atomic mass is 9.88. The first kappa shape index (κ1) is 34.7. The first-order valence-electron chi connectivity index (χ1n) is 14.7. The van der Waals surface area contributed by atoms with Gasteiger partial charge in [-0.3, -0.25) is 9.59 Å². The van der Waals surface area contributed by atoms with Crippen LogP contribution < -0.4 is 10.6 Å². The van der Waals surface area contributed by atoms with Crippen LogP contribution in [0.15, 0.2) is 60.7 Å². The largest absolute Gasteiger partial charge is 0.417 e. The Balaban J connectivity index is 1.90. The highest BCUT2D eigenvalue weighted by Gasteiger charge is 2.39. The van der Waals surface area contributed by atoms with Crippen molar-refractivity contribution in [2.45, 2.75) is 90.5 Å². The number of hydrogen-bond acceptors (Lipinski definition) is 2. The van der Waals surface area contributed by atoms with Crippen LogP contribution in [0.2, 0.25) is 0 Å². The summed E-state index contributed by atoms with van der Waals surface area (Å²) in [7, 11) is 0. The summed E-state index contributed by atoms with van der Waals surface area (Å²) in [5, 5.41) is 5.33. The highest BCUT2D eigenvalue weighted by molar-refractivity contribution is 6.05. The molecule has 0 atom stereocenters. The summed E-state index contributed by atoms with van der Waals surface area (Å²) in [6.45, 7) is 9.56. The number of anilines is 1. The van der Waals surface area contributed by atoms with Crippen molar-refractivity contribution < 1.29 is 35.9 Å². The lowest BCUT2D eigenvalue weighted by Gasteiger charge is -2.26. The van der Waals surface area contributed by atoms with Crippen LogP contribution in [0.1, 0.15) is 110 Å². The highest BCUT2D eigenvalue weighted by atomic mass is 19.4. The molecule has 3 aromatic carbocycles. The normalized spacial score (nSPS) is 12.4. The highest BCUT2D eigenvalue weighted by Crippen LogP contribution is 2.44. The van der Waals surface area contributed by atoms with Crippen molar-refractivity contribution >= 4 is 17.5 Å². The van der Waals surface area contributed by atoms with Crippen molar-refractivity contribution in [3.63, 3.8) is 0 Å². The molecule has 0 aliphatic heterocycles. The summed E-state index contributed by atoms with van der Waals surface area (Å²) >= 11 is 0. The summed E-state index contributed by atoms with van der Waals surface area (Å²) in [5.41, 5.74) is -3.57. The quantitative estimate of drug-likeness (QED) is 0.210. The molecule has 238 valence electrons. The summed E-state index contributed by atoms with van der Waals surface area (Å²) in [5.74, 6) is -1.23. The van der Waals surface area contributed by atoms with Crippen LogP contribution in [0.3, 0.4) is 0 Å². The fraction of sp³-hybridized carbons (Fsp3) is 0.412. The van der Waals surface area contributed by atoms with Gasteiger partial charge in [-0.2, -0.15) is 26.3 Å². The van der Waals surface area contributed by atoms with E-state index in [1.54, 1.807) is 0 Å². The molecule has 4 nitrogen and oxygen atoms in total. The first-order chi connectivity index (χ1) is 20.5. The molecule has 3 rings (SSSR count). The zero-order valence-electron chi connectivity index (χ0n) is 25.5. The Labute approximate surface area is 254 Å². The van der Waals surface area contributed by atoms with Crippen LogP contribution in [0.5, 0.6) is 0 Å². The SMILES string of the molecule is CCCCC(C)(C)NC(=O)c1ccc(C(=O)Nc2ccc(-c3ccc(C(CC)CC)cc3C(F)(F)F)c(C(F)(F)F)c2)cc1. The van der Waals surface area contributed by atoms with Gasteiger partial charge in [0, 0.05) is 22.4 Å². The maximum atomic E-state index is 14.2. The second-order valence-electron chi connectivity index (χ2n) is 11.5. The van der Waals surface area contributed by atoms with E-state index in [0.717, 1.165) is 43.5 Å². The molecule has 0 unspecified atom stereocenters. The molecule has 10 heteroatoms. The van der Waals surface area contributed by atoms with Crippen LogP contribution in [-0.4, -0.2) is 17.4 Å². The number of carbonyl (C=O) groups is 2. The Bertz CT molecular complexity index is 1460. The van der Waals surface area contributed by atoms with E-state index in [-0.39, 0.29) is 23.1 Å². The lowest BCUT2D eigenvalue weighted by molar-refractivity contribution is -0.139. The van der Waals surface area contributed by atoms with Crippen molar-refractivity contribution in [1.82, 2.24) is 5.32 Å². The van der Waals surface area contributed by atoms with Crippen LogP contribution >= 0.6 is 0 Å². The molecule has 3 aromatic rings. The number of amides is 2. The maximum absolute atomic E-state index is 14.2. The minimum atomic E-state index is -5.01. The molecule has 0 saturated carbocycles. The average molecular weight is 621 g/mol. The molecule has 0 radical (unpaired) electrons. The number of nitrogens with one attached hydrogen (secondary N) is 2. The number of carbonyl (C=O) groups excluding carboxylic acids is 2. The van der Waals surface area contributed by atoms with Crippen LogP contribution in [0, 0.1) is 0 Å². The third-order valence-electron chi connectivity index (χ3n) is 7.70. The van der Waals surface area contributed by atoms with Crippen LogP contribution in [0.4, 0.5) is 32.0 Å². The van der Waals surface area contributed by atoms with Gasteiger partial charge in [0.2, 0.25) is 0 Å². The number of hydrogen-bond donors (Lipinski definition) is 2. The Morgan fingerprint density at radius 3 is 1.70 bits per heavy atom. The Kier molecular flexibility index (Phi) is 10.9. The third-order valence-corrected chi connectivity index (χ3v) is 7.70. The molecule has 0 heterocycles. The molecular formula is C34H38F6N2O2. The molecule has 2 amide bonds. The number of benzene rings is 3. The summed E-state index contributed by atoms with van der Waals surface area (Å²) < 4.78 is 84.9. The zero-order valence-corrected chi connectivity index (χ0v) is 25.5. The van der Waals surface area contributed by atoms with E-state index in [9.17, 15) is 35.9 Å². The molecule has 44 heavy (non-hydrogen) atoms. The van der Waals surface area contributed by atoms with Crippen molar-refractivity contribution in [2.24, 2.45) is 0 Å². The second kappa shape index (κ2) is 13.9. The Hall–Kier alpha value is -3.82. The summed E-state index contributed by atoms with van der Waals surface area (Å²) in [6.07, 6.45) is -6.01. The van der Waals surface area contributed by atoms with Gasteiger partial charge in [-0.15, -0.1) is 0 Å². The van der Waals surface area contributed by atoms with Crippen molar-refractivity contribution in [3.8, 4) is 11.1 Å². The van der Waals surface area contributed by atoms with Gasteiger partial charge in [0.15, 0.2) is 0 Å². The number of rotatable bonds is 11. The zero-order chi connectivity index (χ0) is 32.9. The van der Waals surface area contributed by atoms with Gasteiger partial charge in [-0.25, -0.2) is 0 Å². The van der Waals surface area contributed by atoms with E-state index in [0.29, 0.717) is 30.0 Å². The molecule has 0 fully saturated rings. The number of unbranched alkanes of at least 4 members (excludes halogenated alkanes) is 1. The first-order valence-corrected chi connectivity index (χ1v) is 14.7. The standard InChI is InChI=1S/C34H38F6N2O2/c1-6-9-18-32(4,5)42-31(44)23-12-10-22(11-13-23)30(43)41-25-15-17-27(29(20-25)34(38,39)40)26-16-14-24(21(7-2)8-3)19-28(26)33(35,36)37/h10-17,19-21H,6-9,18H2,1-5H3,(H,41,43)(H,42,44). The molecule has 0 aliphatic carbocycles. The monoisotopic (exact) mass is 620 g/mol. The molecule has 0 aliphatic rings. The lowest BCUT2D eigenvalue weighted by Crippen LogP contribution is -2.43. The predicted molar refractivity (Wildman–Crippen MR) is 161 cm³/mol. The Morgan fingerprint density at radius 1 is 0.705 bits per heavy atom. The van der Waals surface area contributed by atoms with Crippen molar-refractivity contribution in [1.29, 1.82) is 0 Å². The van der Waals surface area contributed by atoms with E-state index in [1.807, 2.05) is 27.7 Å². The van der Waals surface area contributed by atoms with E-state index in [2.05, 4.69) is 17.6 Å². The fourth-order valence-electron chi connectivity index (χ4n) is 5.17. The summed E-state index contributed by atoms with van der Waals surface area (Å²) in [4.78, 5) is 25.5. The van der Waals surface area contributed by atoms with E-state index >= 15 is 0 Å². The minimum absolute atomic E-state index is 0.0841. The van der Waals surface area contributed by atoms with Crippen molar-refractivity contribution in [2.75, 3.05) is 5.32 Å². The van der Waals surface area contributed by atoms with Gasteiger partial charge in [0.05, 0.1) is 11.1 Å². The molecule has 0 aromatic heterocycles. The summed E-state index contributed by atoms with van der Waals surface area (Å²) in [6, 6.07) is 11.8. The van der Waals surface area contributed by atoms with Gasteiger partial charge >= 0.3 is 12.4 Å². The third kappa shape index (κ3) is 8.64. The van der Waals surface area contributed by atoms with Gasteiger partial charge in [-0.05, 0) is 98.2 Å². The van der Waals surface area contributed by atoms with Gasteiger partial charge in [-0.1, -0.05) is 51.8 Å². The molecule has 2 N–H and O–H groups in total. The second-order valence-corrected chi connectivity index (χ2v) is 11.5. The van der Waals surface area contributed by atoms with Gasteiger partial charge in [0.1, 0.15) is 0 Å². The molecule has 0 spiro atoms.